The molecule has 0 amide bonds. The molecule has 1 aromatic rings. The van der Waals surface area contributed by atoms with E-state index in [-0.39, 0.29) is 6.79 Å². The molecular formula is C11H13ClO4. The molecule has 1 heterocycles. The predicted octanol–water partition coefficient (Wildman–Crippen LogP) is 1.44. The Morgan fingerprint density at radius 3 is 2.75 bits per heavy atom. The number of ether oxygens (including phenoxy) is 2. The van der Waals surface area contributed by atoms with Crippen LogP contribution >= 0.6 is 11.6 Å². The smallest absolute Gasteiger partial charge is 0.231 e. The van der Waals surface area contributed by atoms with Crippen LogP contribution in [0.25, 0.3) is 0 Å². The summed E-state index contributed by atoms with van der Waals surface area (Å²) in [6, 6.07) is 5.09. The summed E-state index contributed by atoms with van der Waals surface area (Å²) < 4.78 is 10.3. The number of rotatable bonds is 4. The summed E-state index contributed by atoms with van der Waals surface area (Å²) in [6.45, 7) is 0.194. The van der Waals surface area contributed by atoms with E-state index in [0.29, 0.717) is 29.4 Å². The number of benzene rings is 1. The van der Waals surface area contributed by atoms with Crippen LogP contribution in [-0.2, 0) is 0 Å². The second-order valence-corrected chi connectivity index (χ2v) is 3.98. The Balaban J connectivity index is 2.14. The third-order valence-corrected chi connectivity index (χ3v) is 2.73. The minimum absolute atomic E-state index is 0.194. The summed E-state index contributed by atoms with van der Waals surface area (Å²) in [5.74, 6) is 1.56. The van der Waals surface area contributed by atoms with Crippen molar-refractivity contribution in [2.75, 3.05) is 12.7 Å². The van der Waals surface area contributed by atoms with Crippen molar-refractivity contribution in [2.24, 2.45) is 0 Å². The Labute approximate surface area is 98.4 Å². The summed E-state index contributed by atoms with van der Waals surface area (Å²) in [4.78, 5) is 0. The molecule has 1 aromatic carbocycles. The molecule has 0 aliphatic carbocycles. The molecule has 1 aliphatic rings. The van der Waals surface area contributed by atoms with Gasteiger partial charge in [-0.2, -0.15) is 0 Å². The SMILES string of the molecule is OC(CCCl)C(O)c1ccc2c(c1)OCO2. The highest BCUT2D eigenvalue weighted by Gasteiger charge is 2.21. The van der Waals surface area contributed by atoms with E-state index in [0.717, 1.165) is 0 Å². The van der Waals surface area contributed by atoms with Crippen molar-refractivity contribution in [3.63, 3.8) is 0 Å². The van der Waals surface area contributed by atoms with E-state index in [1.165, 1.54) is 0 Å². The van der Waals surface area contributed by atoms with E-state index in [2.05, 4.69) is 0 Å². The van der Waals surface area contributed by atoms with Crippen LogP contribution in [0.1, 0.15) is 18.1 Å². The molecule has 0 fully saturated rings. The van der Waals surface area contributed by atoms with Crippen LogP contribution in [0.3, 0.4) is 0 Å². The zero-order valence-corrected chi connectivity index (χ0v) is 9.35. The van der Waals surface area contributed by atoms with Crippen molar-refractivity contribution in [2.45, 2.75) is 18.6 Å². The lowest BCUT2D eigenvalue weighted by Gasteiger charge is -2.17. The normalized spacial score (nSPS) is 17.2. The van der Waals surface area contributed by atoms with E-state index >= 15 is 0 Å². The number of aliphatic hydroxyl groups is 2. The standard InChI is InChI=1S/C11H13ClO4/c12-4-3-8(13)11(14)7-1-2-9-10(5-7)16-6-15-9/h1-2,5,8,11,13-14H,3-4,6H2. The number of halogens is 1. The van der Waals surface area contributed by atoms with E-state index < -0.39 is 12.2 Å². The summed E-state index contributed by atoms with van der Waals surface area (Å²) in [6.07, 6.45) is -1.47. The number of hydrogen-bond acceptors (Lipinski definition) is 4. The molecule has 2 rings (SSSR count). The van der Waals surface area contributed by atoms with Crippen LogP contribution in [0.2, 0.25) is 0 Å². The fourth-order valence-corrected chi connectivity index (χ4v) is 1.81. The molecule has 4 nitrogen and oxygen atoms in total. The Hall–Kier alpha value is -0.970. The van der Waals surface area contributed by atoms with Crippen molar-refractivity contribution in [1.29, 1.82) is 0 Å². The molecule has 0 aromatic heterocycles. The van der Waals surface area contributed by atoms with Crippen molar-refractivity contribution >= 4 is 11.6 Å². The monoisotopic (exact) mass is 244 g/mol. The molecule has 5 heteroatoms. The van der Waals surface area contributed by atoms with Crippen molar-refractivity contribution < 1.29 is 19.7 Å². The molecule has 0 spiro atoms. The number of hydrogen-bond donors (Lipinski definition) is 2. The third kappa shape index (κ3) is 2.24. The summed E-state index contributed by atoms with van der Waals surface area (Å²) in [7, 11) is 0. The van der Waals surface area contributed by atoms with Gasteiger partial charge in [-0.1, -0.05) is 6.07 Å². The van der Waals surface area contributed by atoms with Gasteiger partial charge >= 0.3 is 0 Å². The van der Waals surface area contributed by atoms with Crippen molar-refractivity contribution in [3.8, 4) is 11.5 Å². The lowest BCUT2D eigenvalue weighted by molar-refractivity contribution is 0.0169. The lowest BCUT2D eigenvalue weighted by Crippen LogP contribution is -2.18. The quantitative estimate of drug-likeness (QED) is 0.787. The first-order valence-corrected chi connectivity index (χ1v) is 5.57. The average molecular weight is 245 g/mol. The maximum absolute atomic E-state index is 9.85. The van der Waals surface area contributed by atoms with Gasteiger partial charge in [-0.3, -0.25) is 0 Å². The molecule has 2 N–H and O–H groups in total. The first-order valence-electron chi connectivity index (χ1n) is 5.04. The van der Waals surface area contributed by atoms with Gasteiger partial charge in [-0.15, -0.1) is 11.6 Å². The highest BCUT2D eigenvalue weighted by molar-refractivity contribution is 6.17. The maximum atomic E-state index is 9.85. The van der Waals surface area contributed by atoms with Gasteiger partial charge in [0.25, 0.3) is 0 Å². The number of alkyl halides is 1. The van der Waals surface area contributed by atoms with Gasteiger partial charge in [-0.25, -0.2) is 0 Å². The molecule has 0 saturated heterocycles. The summed E-state index contributed by atoms with van der Waals surface area (Å²) >= 11 is 5.51. The molecular weight excluding hydrogens is 232 g/mol. The number of aliphatic hydroxyl groups excluding tert-OH is 2. The predicted molar refractivity (Wildman–Crippen MR) is 58.9 cm³/mol. The molecule has 0 radical (unpaired) electrons. The first kappa shape index (κ1) is 11.5. The van der Waals surface area contributed by atoms with Gasteiger partial charge in [0.1, 0.15) is 6.10 Å². The van der Waals surface area contributed by atoms with Crippen molar-refractivity contribution in [3.05, 3.63) is 23.8 Å². The van der Waals surface area contributed by atoms with Crippen LogP contribution in [0.4, 0.5) is 0 Å². The summed E-state index contributed by atoms with van der Waals surface area (Å²) in [5.41, 5.74) is 0.599. The lowest BCUT2D eigenvalue weighted by atomic mass is 10.0. The Morgan fingerprint density at radius 2 is 2.00 bits per heavy atom. The van der Waals surface area contributed by atoms with Gasteiger partial charge in [0.2, 0.25) is 6.79 Å². The largest absolute Gasteiger partial charge is 0.454 e. The van der Waals surface area contributed by atoms with Crippen LogP contribution in [-0.4, -0.2) is 29.0 Å². The second kappa shape index (κ2) is 4.91. The van der Waals surface area contributed by atoms with Crippen molar-refractivity contribution in [1.82, 2.24) is 0 Å². The molecule has 16 heavy (non-hydrogen) atoms. The van der Waals surface area contributed by atoms with Gasteiger partial charge in [-0.05, 0) is 24.1 Å². The van der Waals surface area contributed by atoms with Gasteiger partial charge in [0.15, 0.2) is 11.5 Å². The molecule has 2 unspecified atom stereocenters. The molecule has 0 saturated carbocycles. The minimum Gasteiger partial charge on any atom is -0.454 e. The Kier molecular flexibility index (Phi) is 3.53. The maximum Gasteiger partial charge on any atom is 0.231 e. The van der Waals surface area contributed by atoms with Gasteiger partial charge < -0.3 is 19.7 Å². The van der Waals surface area contributed by atoms with Gasteiger partial charge in [0, 0.05) is 5.88 Å². The molecule has 2 atom stereocenters. The highest BCUT2D eigenvalue weighted by atomic mass is 35.5. The van der Waals surface area contributed by atoms with E-state index in [1.807, 2.05) is 0 Å². The fraction of sp³-hybridized carbons (Fsp3) is 0.455. The zero-order valence-electron chi connectivity index (χ0n) is 8.60. The fourth-order valence-electron chi connectivity index (χ4n) is 1.59. The van der Waals surface area contributed by atoms with Gasteiger partial charge in [0.05, 0.1) is 6.10 Å². The van der Waals surface area contributed by atoms with Crippen LogP contribution in [0.15, 0.2) is 18.2 Å². The molecule has 88 valence electrons. The van der Waals surface area contributed by atoms with E-state index in [4.69, 9.17) is 21.1 Å². The topological polar surface area (TPSA) is 58.9 Å². The van der Waals surface area contributed by atoms with E-state index in [9.17, 15) is 10.2 Å². The number of fused-ring (bicyclic) bond motifs is 1. The third-order valence-electron chi connectivity index (χ3n) is 2.51. The molecule has 1 aliphatic heterocycles. The summed E-state index contributed by atoms with van der Waals surface area (Å²) in [5, 5.41) is 19.5. The first-order chi connectivity index (χ1) is 7.72. The minimum atomic E-state index is -0.951. The second-order valence-electron chi connectivity index (χ2n) is 3.60. The molecule has 0 bridgehead atoms. The van der Waals surface area contributed by atoms with Crippen LogP contribution < -0.4 is 9.47 Å². The Morgan fingerprint density at radius 1 is 1.25 bits per heavy atom. The average Bonchev–Trinajstić information content (AvgIpc) is 2.75. The van der Waals surface area contributed by atoms with Crippen LogP contribution in [0, 0.1) is 0 Å². The van der Waals surface area contributed by atoms with Crippen LogP contribution in [0.5, 0.6) is 11.5 Å². The van der Waals surface area contributed by atoms with E-state index in [1.54, 1.807) is 18.2 Å². The Bertz CT molecular complexity index is 369. The zero-order chi connectivity index (χ0) is 11.5. The highest BCUT2D eigenvalue weighted by Crippen LogP contribution is 2.35.